The van der Waals surface area contributed by atoms with Crippen LogP contribution in [0.2, 0.25) is 0 Å². The largest absolute Gasteiger partial charge is 0.573 e. The molecule has 0 radical (unpaired) electrons. The van der Waals surface area contributed by atoms with Gasteiger partial charge in [0.25, 0.3) is 0 Å². The number of halogens is 4. The molecule has 1 aromatic heterocycles. The Kier molecular flexibility index (Phi) is 3.43. The quantitative estimate of drug-likeness (QED) is 0.850. The molecular formula is C8H7BrF3NO2. The normalized spacial score (nSPS) is 11.5. The standard InChI is InChI=1S/C8H7BrF3NO2/c1-4-7(14)6(15-8(10,11)12)2-5(3-9)13-4/h2,14H,3H2,1H3. The van der Waals surface area contributed by atoms with E-state index in [4.69, 9.17) is 0 Å². The van der Waals surface area contributed by atoms with Crippen molar-refractivity contribution in [1.82, 2.24) is 4.98 Å². The number of aryl methyl sites for hydroxylation is 1. The fourth-order valence-electron chi connectivity index (χ4n) is 0.970. The van der Waals surface area contributed by atoms with E-state index in [2.05, 4.69) is 25.7 Å². The van der Waals surface area contributed by atoms with Gasteiger partial charge in [-0.1, -0.05) is 15.9 Å². The van der Waals surface area contributed by atoms with E-state index in [0.29, 0.717) is 5.69 Å². The summed E-state index contributed by atoms with van der Waals surface area (Å²) < 4.78 is 39.4. The van der Waals surface area contributed by atoms with Crippen LogP contribution >= 0.6 is 15.9 Å². The van der Waals surface area contributed by atoms with Crippen LogP contribution in [0.1, 0.15) is 11.4 Å². The average molecular weight is 286 g/mol. The van der Waals surface area contributed by atoms with Crippen molar-refractivity contribution >= 4 is 15.9 Å². The zero-order valence-electron chi connectivity index (χ0n) is 7.60. The van der Waals surface area contributed by atoms with E-state index in [1.165, 1.54) is 6.92 Å². The monoisotopic (exact) mass is 285 g/mol. The number of nitrogens with zero attached hydrogens (tertiary/aromatic N) is 1. The number of hydrogen-bond acceptors (Lipinski definition) is 3. The van der Waals surface area contributed by atoms with Crippen molar-refractivity contribution in [2.45, 2.75) is 18.6 Å². The molecule has 1 rings (SSSR count). The van der Waals surface area contributed by atoms with Crippen molar-refractivity contribution in [1.29, 1.82) is 0 Å². The molecule has 15 heavy (non-hydrogen) atoms. The second-order valence-electron chi connectivity index (χ2n) is 2.73. The van der Waals surface area contributed by atoms with Gasteiger partial charge in [-0.15, -0.1) is 13.2 Å². The maximum Gasteiger partial charge on any atom is 0.573 e. The van der Waals surface area contributed by atoms with Crippen LogP contribution in [-0.2, 0) is 5.33 Å². The van der Waals surface area contributed by atoms with Crippen molar-refractivity contribution < 1.29 is 23.0 Å². The van der Waals surface area contributed by atoms with Crippen molar-refractivity contribution in [3.63, 3.8) is 0 Å². The number of aromatic nitrogens is 1. The SMILES string of the molecule is Cc1nc(CBr)cc(OC(F)(F)F)c1O. The zero-order valence-corrected chi connectivity index (χ0v) is 9.18. The van der Waals surface area contributed by atoms with Crippen LogP contribution in [0.3, 0.4) is 0 Å². The number of rotatable bonds is 2. The topological polar surface area (TPSA) is 42.4 Å². The molecule has 1 heterocycles. The molecule has 3 nitrogen and oxygen atoms in total. The van der Waals surface area contributed by atoms with E-state index >= 15 is 0 Å². The number of ether oxygens (including phenoxy) is 1. The molecule has 1 N–H and O–H groups in total. The molecule has 0 aromatic carbocycles. The Morgan fingerprint density at radius 3 is 2.60 bits per heavy atom. The highest BCUT2D eigenvalue weighted by molar-refractivity contribution is 9.08. The second kappa shape index (κ2) is 4.26. The van der Waals surface area contributed by atoms with E-state index in [9.17, 15) is 18.3 Å². The molecule has 0 saturated carbocycles. The summed E-state index contributed by atoms with van der Waals surface area (Å²) in [7, 11) is 0. The highest BCUT2D eigenvalue weighted by Crippen LogP contribution is 2.33. The summed E-state index contributed by atoms with van der Waals surface area (Å²) in [6, 6.07) is 1.03. The lowest BCUT2D eigenvalue weighted by Crippen LogP contribution is -2.17. The predicted molar refractivity (Wildman–Crippen MR) is 50.0 cm³/mol. The van der Waals surface area contributed by atoms with Gasteiger partial charge in [-0.3, -0.25) is 4.98 Å². The Bertz CT molecular complexity index is 368. The molecule has 0 unspecified atom stereocenters. The van der Waals surface area contributed by atoms with E-state index < -0.39 is 17.9 Å². The third kappa shape index (κ3) is 3.26. The number of alkyl halides is 4. The minimum atomic E-state index is -4.82. The van der Waals surface area contributed by atoms with Gasteiger partial charge in [0.1, 0.15) is 0 Å². The fourth-order valence-corrected chi connectivity index (χ4v) is 1.26. The molecule has 0 atom stereocenters. The highest BCUT2D eigenvalue weighted by Gasteiger charge is 2.32. The summed E-state index contributed by atoms with van der Waals surface area (Å²) >= 11 is 3.05. The molecule has 0 fully saturated rings. The maximum absolute atomic E-state index is 11.9. The number of aromatic hydroxyl groups is 1. The molecule has 0 bridgehead atoms. The van der Waals surface area contributed by atoms with Crippen LogP contribution < -0.4 is 4.74 Å². The summed E-state index contributed by atoms with van der Waals surface area (Å²) in [4.78, 5) is 3.84. The first-order chi connectivity index (χ1) is 6.83. The zero-order chi connectivity index (χ0) is 11.6. The fraction of sp³-hybridized carbons (Fsp3) is 0.375. The Labute approximate surface area is 92.0 Å². The lowest BCUT2D eigenvalue weighted by Gasteiger charge is -2.12. The second-order valence-corrected chi connectivity index (χ2v) is 3.29. The third-order valence-corrected chi connectivity index (χ3v) is 2.12. The van der Waals surface area contributed by atoms with Gasteiger partial charge in [-0.05, 0) is 6.92 Å². The van der Waals surface area contributed by atoms with Gasteiger partial charge >= 0.3 is 6.36 Å². The van der Waals surface area contributed by atoms with E-state index in [1.54, 1.807) is 0 Å². The van der Waals surface area contributed by atoms with Crippen molar-refractivity contribution in [2.75, 3.05) is 0 Å². The van der Waals surface area contributed by atoms with Gasteiger partial charge in [0.2, 0.25) is 0 Å². The van der Waals surface area contributed by atoms with Gasteiger partial charge < -0.3 is 9.84 Å². The first kappa shape index (κ1) is 12.1. The summed E-state index contributed by atoms with van der Waals surface area (Å²) in [5.74, 6) is -1.23. The van der Waals surface area contributed by atoms with Gasteiger partial charge in [-0.2, -0.15) is 0 Å². The molecule has 0 amide bonds. The molecular weight excluding hydrogens is 279 g/mol. The van der Waals surface area contributed by atoms with Crippen LogP contribution in [0.15, 0.2) is 6.07 Å². The maximum atomic E-state index is 11.9. The van der Waals surface area contributed by atoms with Crippen molar-refractivity contribution in [3.8, 4) is 11.5 Å². The Morgan fingerprint density at radius 1 is 1.53 bits per heavy atom. The van der Waals surface area contributed by atoms with Gasteiger partial charge in [-0.25, -0.2) is 0 Å². The highest BCUT2D eigenvalue weighted by atomic mass is 79.9. The molecule has 1 aromatic rings. The first-order valence-corrected chi connectivity index (χ1v) is 4.97. The van der Waals surface area contributed by atoms with Crippen LogP contribution in [0.4, 0.5) is 13.2 Å². The Hall–Kier alpha value is -0.980. The van der Waals surface area contributed by atoms with E-state index in [0.717, 1.165) is 6.07 Å². The average Bonchev–Trinajstić information content (AvgIpc) is 2.10. The van der Waals surface area contributed by atoms with Gasteiger partial charge in [0.05, 0.1) is 11.4 Å². The molecule has 0 aliphatic rings. The van der Waals surface area contributed by atoms with E-state index in [-0.39, 0.29) is 11.0 Å². The summed E-state index contributed by atoms with van der Waals surface area (Å²) in [6.45, 7) is 1.39. The lowest BCUT2D eigenvalue weighted by atomic mass is 10.3. The summed E-state index contributed by atoms with van der Waals surface area (Å²) in [5, 5.41) is 9.56. The van der Waals surface area contributed by atoms with Crippen LogP contribution in [0.25, 0.3) is 0 Å². The predicted octanol–water partition coefficient (Wildman–Crippen LogP) is 2.89. The number of pyridine rings is 1. The molecule has 0 aliphatic heterocycles. The number of hydrogen-bond donors (Lipinski definition) is 1. The van der Waals surface area contributed by atoms with Gasteiger partial charge in [0, 0.05) is 11.4 Å². The minimum absolute atomic E-state index is 0.0891. The third-order valence-electron chi connectivity index (χ3n) is 1.55. The van der Waals surface area contributed by atoms with Crippen molar-refractivity contribution in [2.24, 2.45) is 0 Å². The van der Waals surface area contributed by atoms with Crippen LogP contribution in [-0.4, -0.2) is 16.5 Å². The molecule has 7 heteroatoms. The lowest BCUT2D eigenvalue weighted by molar-refractivity contribution is -0.275. The minimum Gasteiger partial charge on any atom is -0.503 e. The first-order valence-electron chi connectivity index (χ1n) is 3.84. The molecule has 0 saturated heterocycles. The molecule has 0 spiro atoms. The van der Waals surface area contributed by atoms with Crippen LogP contribution in [0, 0.1) is 6.92 Å². The molecule has 84 valence electrons. The Balaban J connectivity index is 3.11. The smallest absolute Gasteiger partial charge is 0.503 e. The van der Waals surface area contributed by atoms with E-state index in [1.807, 2.05) is 0 Å². The summed E-state index contributed by atoms with van der Waals surface area (Å²) in [5.41, 5.74) is 0.441. The Morgan fingerprint density at radius 2 is 2.13 bits per heavy atom. The van der Waals surface area contributed by atoms with Crippen molar-refractivity contribution in [3.05, 3.63) is 17.5 Å². The summed E-state index contributed by atoms with van der Waals surface area (Å²) in [6.07, 6.45) is -4.82. The van der Waals surface area contributed by atoms with Gasteiger partial charge in [0.15, 0.2) is 11.5 Å². The molecule has 0 aliphatic carbocycles. The van der Waals surface area contributed by atoms with Crippen LogP contribution in [0.5, 0.6) is 11.5 Å².